The predicted octanol–water partition coefficient (Wildman–Crippen LogP) is 3.74. The van der Waals surface area contributed by atoms with E-state index in [4.69, 9.17) is 4.74 Å². The van der Waals surface area contributed by atoms with Crippen molar-refractivity contribution in [2.24, 2.45) is 5.92 Å². The van der Waals surface area contributed by atoms with Gasteiger partial charge in [-0.3, -0.25) is 0 Å². The van der Waals surface area contributed by atoms with Crippen LogP contribution in [0.1, 0.15) is 44.7 Å². The standard InChI is InChI=1S/C16H27NO/c1-11(2)14-8-7-13(5)15(9-14)18-16(10-17-6)12(3)4/h7-9,11-12,16-17H,10H2,1-6H3. The van der Waals surface area contributed by atoms with Gasteiger partial charge in [0, 0.05) is 6.54 Å². The van der Waals surface area contributed by atoms with Gasteiger partial charge in [0.25, 0.3) is 0 Å². The molecule has 102 valence electrons. The molecule has 1 N–H and O–H groups in total. The van der Waals surface area contributed by atoms with Crippen molar-refractivity contribution in [3.05, 3.63) is 29.3 Å². The lowest BCUT2D eigenvalue weighted by atomic mass is 10.0. The van der Waals surface area contributed by atoms with E-state index >= 15 is 0 Å². The molecule has 0 aliphatic carbocycles. The fourth-order valence-corrected chi connectivity index (χ4v) is 1.88. The molecule has 0 bridgehead atoms. The molecule has 0 radical (unpaired) electrons. The lowest BCUT2D eigenvalue weighted by Crippen LogP contribution is -2.33. The fraction of sp³-hybridized carbons (Fsp3) is 0.625. The topological polar surface area (TPSA) is 21.3 Å². The zero-order valence-electron chi connectivity index (χ0n) is 12.6. The summed E-state index contributed by atoms with van der Waals surface area (Å²) in [4.78, 5) is 0. The van der Waals surface area contributed by atoms with E-state index in [2.05, 4.69) is 58.1 Å². The molecule has 1 unspecified atom stereocenters. The first kappa shape index (κ1) is 15.0. The summed E-state index contributed by atoms with van der Waals surface area (Å²) in [5.74, 6) is 2.06. The van der Waals surface area contributed by atoms with Crippen LogP contribution in [0, 0.1) is 12.8 Å². The monoisotopic (exact) mass is 249 g/mol. The quantitative estimate of drug-likeness (QED) is 0.829. The van der Waals surface area contributed by atoms with Gasteiger partial charge in [0.05, 0.1) is 0 Å². The molecule has 0 aliphatic heterocycles. The summed E-state index contributed by atoms with van der Waals surface area (Å²) in [5.41, 5.74) is 2.55. The van der Waals surface area contributed by atoms with Gasteiger partial charge >= 0.3 is 0 Å². The van der Waals surface area contributed by atoms with Gasteiger partial charge in [-0.05, 0) is 43.0 Å². The van der Waals surface area contributed by atoms with E-state index in [1.807, 2.05) is 7.05 Å². The number of rotatable bonds is 6. The average molecular weight is 249 g/mol. The number of ether oxygens (including phenoxy) is 1. The largest absolute Gasteiger partial charge is 0.489 e. The molecule has 0 saturated heterocycles. The first-order chi connectivity index (χ1) is 8.45. The van der Waals surface area contributed by atoms with Gasteiger partial charge < -0.3 is 10.1 Å². The molecule has 2 nitrogen and oxygen atoms in total. The summed E-state index contributed by atoms with van der Waals surface area (Å²) in [7, 11) is 1.97. The molecule has 0 heterocycles. The van der Waals surface area contributed by atoms with Crippen molar-refractivity contribution in [3.63, 3.8) is 0 Å². The van der Waals surface area contributed by atoms with Gasteiger partial charge in [-0.2, -0.15) is 0 Å². The SMILES string of the molecule is CNCC(Oc1cc(C(C)C)ccc1C)C(C)C. The summed E-state index contributed by atoms with van der Waals surface area (Å²) >= 11 is 0. The number of nitrogens with one attached hydrogen (secondary N) is 1. The van der Waals surface area contributed by atoms with E-state index in [9.17, 15) is 0 Å². The molecule has 18 heavy (non-hydrogen) atoms. The van der Waals surface area contributed by atoms with Crippen molar-refractivity contribution in [1.29, 1.82) is 0 Å². The molecule has 0 fully saturated rings. The van der Waals surface area contributed by atoms with Crippen LogP contribution in [-0.4, -0.2) is 19.7 Å². The lowest BCUT2D eigenvalue weighted by molar-refractivity contribution is 0.150. The second kappa shape index (κ2) is 6.79. The maximum atomic E-state index is 6.18. The lowest BCUT2D eigenvalue weighted by Gasteiger charge is -2.24. The normalized spacial score (nSPS) is 13.1. The highest BCUT2D eigenvalue weighted by Gasteiger charge is 2.15. The van der Waals surface area contributed by atoms with Crippen LogP contribution >= 0.6 is 0 Å². The average Bonchev–Trinajstić information content (AvgIpc) is 2.30. The molecule has 1 aromatic carbocycles. The first-order valence-electron chi connectivity index (χ1n) is 6.87. The maximum Gasteiger partial charge on any atom is 0.122 e. The van der Waals surface area contributed by atoms with Gasteiger partial charge in [0.2, 0.25) is 0 Å². The summed E-state index contributed by atoms with van der Waals surface area (Å²) in [6.07, 6.45) is 0.219. The smallest absolute Gasteiger partial charge is 0.122 e. The van der Waals surface area contributed by atoms with E-state index < -0.39 is 0 Å². The number of benzene rings is 1. The predicted molar refractivity (Wildman–Crippen MR) is 78.4 cm³/mol. The summed E-state index contributed by atoms with van der Waals surface area (Å²) < 4.78 is 6.18. The van der Waals surface area contributed by atoms with Crippen molar-refractivity contribution in [1.82, 2.24) is 5.32 Å². The summed E-state index contributed by atoms with van der Waals surface area (Å²) in [5, 5.41) is 3.20. The van der Waals surface area contributed by atoms with Crippen LogP contribution in [0.2, 0.25) is 0 Å². The highest BCUT2D eigenvalue weighted by atomic mass is 16.5. The Morgan fingerprint density at radius 2 is 1.83 bits per heavy atom. The minimum absolute atomic E-state index is 0.219. The van der Waals surface area contributed by atoms with Crippen molar-refractivity contribution in [3.8, 4) is 5.75 Å². The Morgan fingerprint density at radius 1 is 1.17 bits per heavy atom. The molecule has 0 spiro atoms. The Labute approximate surface area is 112 Å². The van der Waals surface area contributed by atoms with Crippen LogP contribution in [0.4, 0.5) is 0 Å². The van der Waals surface area contributed by atoms with Gasteiger partial charge in [-0.1, -0.05) is 39.8 Å². The molecule has 1 aromatic rings. The number of likely N-dealkylation sites (N-methyl/N-ethyl adjacent to an activating group) is 1. The Bertz CT molecular complexity index is 371. The third-order valence-electron chi connectivity index (χ3n) is 3.31. The minimum atomic E-state index is 0.219. The van der Waals surface area contributed by atoms with Crippen LogP contribution in [-0.2, 0) is 0 Å². The number of hydrogen-bond donors (Lipinski definition) is 1. The molecular formula is C16H27NO. The van der Waals surface area contributed by atoms with Crippen LogP contribution in [0.25, 0.3) is 0 Å². The second-order valence-corrected chi connectivity index (χ2v) is 5.64. The van der Waals surface area contributed by atoms with Crippen LogP contribution in [0.3, 0.4) is 0 Å². The molecule has 0 saturated carbocycles. The third-order valence-corrected chi connectivity index (χ3v) is 3.31. The number of hydrogen-bond acceptors (Lipinski definition) is 2. The van der Waals surface area contributed by atoms with E-state index in [-0.39, 0.29) is 6.10 Å². The maximum absolute atomic E-state index is 6.18. The van der Waals surface area contributed by atoms with Crippen molar-refractivity contribution < 1.29 is 4.74 Å². The highest BCUT2D eigenvalue weighted by Crippen LogP contribution is 2.26. The second-order valence-electron chi connectivity index (χ2n) is 5.64. The molecule has 1 rings (SSSR count). The van der Waals surface area contributed by atoms with Crippen LogP contribution in [0.15, 0.2) is 18.2 Å². The van der Waals surface area contributed by atoms with Crippen molar-refractivity contribution in [2.75, 3.05) is 13.6 Å². The zero-order valence-corrected chi connectivity index (χ0v) is 12.6. The van der Waals surface area contributed by atoms with Crippen molar-refractivity contribution >= 4 is 0 Å². The van der Waals surface area contributed by atoms with Crippen LogP contribution < -0.4 is 10.1 Å². The van der Waals surface area contributed by atoms with Crippen molar-refractivity contribution in [2.45, 2.75) is 46.6 Å². The Kier molecular flexibility index (Phi) is 5.67. The van der Waals surface area contributed by atoms with Gasteiger partial charge in [-0.25, -0.2) is 0 Å². The number of aryl methyl sites for hydroxylation is 1. The van der Waals surface area contributed by atoms with E-state index in [0.29, 0.717) is 11.8 Å². The molecule has 2 heteroatoms. The minimum Gasteiger partial charge on any atom is -0.489 e. The van der Waals surface area contributed by atoms with Gasteiger partial charge in [0.1, 0.15) is 11.9 Å². The first-order valence-corrected chi connectivity index (χ1v) is 6.87. The van der Waals surface area contributed by atoms with Gasteiger partial charge in [0.15, 0.2) is 0 Å². The highest BCUT2D eigenvalue weighted by molar-refractivity contribution is 5.38. The zero-order chi connectivity index (χ0) is 13.7. The van der Waals surface area contributed by atoms with Crippen LogP contribution in [0.5, 0.6) is 5.75 Å². The molecule has 0 amide bonds. The van der Waals surface area contributed by atoms with Gasteiger partial charge in [-0.15, -0.1) is 0 Å². The summed E-state index contributed by atoms with van der Waals surface area (Å²) in [6, 6.07) is 6.53. The molecular weight excluding hydrogens is 222 g/mol. The van der Waals surface area contributed by atoms with E-state index in [0.717, 1.165) is 12.3 Å². The Morgan fingerprint density at radius 3 is 2.33 bits per heavy atom. The Balaban J connectivity index is 2.90. The molecule has 0 aromatic heterocycles. The third kappa shape index (κ3) is 4.02. The van der Waals surface area contributed by atoms with E-state index in [1.54, 1.807) is 0 Å². The Hall–Kier alpha value is -1.02. The van der Waals surface area contributed by atoms with E-state index in [1.165, 1.54) is 11.1 Å². The summed E-state index contributed by atoms with van der Waals surface area (Å²) in [6.45, 7) is 11.8. The molecule has 1 atom stereocenters. The fourth-order valence-electron chi connectivity index (χ4n) is 1.88. The molecule has 0 aliphatic rings.